The smallest absolute Gasteiger partial charge is 0.226 e. The number of halogens is 1. The Morgan fingerprint density at radius 3 is 2.80 bits per heavy atom. The molecular weight excluding hydrogens is 344 g/mol. The zero-order valence-electron chi connectivity index (χ0n) is 13.9. The fourth-order valence-electron chi connectivity index (χ4n) is 2.30. The predicted molar refractivity (Wildman–Crippen MR) is 98.1 cm³/mol. The van der Waals surface area contributed by atoms with Gasteiger partial charge in [-0.05, 0) is 32.0 Å². The summed E-state index contributed by atoms with van der Waals surface area (Å²) in [6, 6.07) is 5.14. The Labute approximate surface area is 149 Å². The molecule has 3 aromatic rings. The van der Waals surface area contributed by atoms with Gasteiger partial charge in [0.15, 0.2) is 17.0 Å². The summed E-state index contributed by atoms with van der Waals surface area (Å²) in [5.41, 5.74) is 8.16. The number of aliphatic hydroxyl groups excluding tert-OH is 1. The van der Waals surface area contributed by atoms with Crippen molar-refractivity contribution in [1.82, 2.24) is 25.0 Å². The van der Waals surface area contributed by atoms with Crippen LogP contribution in [0, 0.1) is 0 Å². The van der Waals surface area contributed by atoms with Crippen LogP contribution in [0.25, 0.3) is 11.2 Å². The molecule has 25 heavy (non-hydrogen) atoms. The fourth-order valence-corrected chi connectivity index (χ4v) is 2.54. The number of aliphatic hydroxyl groups is 1. The summed E-state index contributed by atoms with van der Waals surface area (Å²) in [7, 11) is 0. The summed E-state index contributed by atoms with van der Waals surface area (Å²) in [4.78, 5) is 8.86. The molecule has 10 heteroatoms. The van der Waals surface area contributed by atoms with E-state index in [0.717, 1.165) is 0 Å². The van der Waals surface area contributed by atoms with Crippen molar-refractivity contribution in [2.75, 3.05) is 22.9 Å². The lowest BCUT2D eigenvalue weighted by Gasteiger charge is -2.11. The van der Waals surface area contributed by atoms with Crippen LogP contribution in [0.4, 0.5) is 23.1 Å². The van der Waals surface area contributed by atoms with Crippen LogP contribution >= 0.6 is 11.6 Å². The van der Waals surface area contributed by atoms with E-state index in [1.807, 2.05) is 6.92 Å². The average molecular weight is 363 g/mol. The van der Waals surface area contributed by atoms with Crippen molar-refractivity contribution >= 4 is 45.9 Å². The van der Waals surface area contributed by atoms with Gasteiger partial charge in [0.25, 0.3) is 0 Å². The lowest BCUT2D eigenvalue weighted by Crippen LogP contribution is -2.17. The highest BCUT2D eigenvalue weighted by Gasteiger charge is 2.15. The molecule has 0 fully saturated rings. The minimum absolute atomic E-state index is 0.322. The molecule has 132 valence electrons. The van der Waals surface area contributed by atoms with E-state index in [-0.39, 0.29) is 0 Å². The maximum atomic E-state index is 9.46. The Hall–Kier alpha value is -2.65. The van der Waals surface area contributed by atoms with E-state index in [4.69, 9.17) is 17.3 Å². The Morgan fingerprint density at radius 2 is 2.12 bits per heavy atom. The van der Waals surface area contributed by atoms with Crippen LogP contribution in [-0.2, 0) is 6.54 Å². The number of aromatic nitrogens is 5. The second kappa shape index (κ2) is 7.08. The Kier molecular flexibility index (Phi) is 4.86. The van der Waals surface area contributed by atoms with E-state index in [0.29, 0.717) is 52.4 Å². The molecule has 3 rings (SSSR count). The highest BCUT2D eigenvalue weighted by molar-refractivity contribution is 6.31. The van der Waals surface area contributed by atoms with Gasteiger partial charge in [0.05, 0.1) is 6.10 Å². The molecule has 1 atom stereocenters. The molecule has 9 nitrogen and oxygen atoms in total. The number of rotatable bonds is 6. The van der Waals surface area contributed by atoms with Gasteiger partial charge in [-0.1, -0.05) is 16.8 Å². The maximum absolute atomic E-state index is 9.46. The van der Waals surface area contributed by atoms with Gasteiger partial charge in [-0.15, -0.1) is 5.10 Å². The third-order valence-electron chi connectivity index (χ3n) is 3.40. The monoisotopic (exact) mass is 362 g/mol. The summed E-state index contributed by atoms with van der Waals surface area (Å²) in [6.45, 7) is 4.57. The number of benzene rings is 1. The minimum Gasteiger partial charge on any atom is -0.399 e. The second-order valence-electron chi connectivity index (χ2n) is 5.60. The van der Waals surface area contributed by atoms with Gasteiger partial charge in [-0.2, -0.15) is 9.97 Å². The minimum atomic E-state index is -0.530. The zero-order valence-corrected chi connectivity index (χ0v) is 14.6. The van der Waals surface area contributed by atoms with Gasteiger partial charge in [-0.3, -0.25) is 0 Å². The van der Waals surface area contributed by atoms with Crippen molar-refractivity contribution in [2.24, 2.45) is 0 Å². The van der Waals surface area contributed by atoms with Crippen molar-refractivity contribution in [2.45, 2.75) is 26.5 Å². The van der Waals surface area contributed by atoms with Gasteiger partial charge in [0.1, 0.15) is 0 Å². The average Bonchev–Trinajstić information content (AvgIpc) is 2.95. The lowest BCUT2D eigenvalue weighted by atomic mass is 10.3. The SMILES string of the molecule is CCn1nnc2c(Nc3cc(N)cc(Cl)c3)nc(NCC(C)O)nc21. The Balaban J connectivity index is 2.03. The number of anilines is 4. The lowest BCUT2D eigenvalue weighted by molar-refractivity contribution is 0.208. The maximum Gasteiger partial charge on any atom is 0.226 e. The van der Waals surface area contributed by atoms with Crippen molar-refractivity contribution in [3.05, 3.63) is 23.2 Å². The topological polar surface area (TPSA) is 127 Å². The largest absolute Gasteiger partial charge is 0.399 e. The first-order valence-corrected chi connectivity index (χ1v) is 8.20. The summed E-state index contributed by atoms with van der Waals surface area (Å²) in [6.07, 6.45) is -0.530. The molecule has 0 radical (unpaired) electrons. The molecule has 0 saturated carbocycles. The predicted octanol–water partition coefficient (Wildman–Crippen LogP) is 2.01. The quantitative estimate of drug-likeness (QED) is 0.490. The van der Waals surface area contributed by atoms with Crippen molar-refractivity contribution in [3.63, 3.8) is 0 Å². The molecule has 0 bridgehead atoms. The molecule has 0 aliphatic carbocycles. The highest BCUT2D eigenvalue weighted by Crippen LogP contribution is 2.27. The number of nitrogens with two attached hydrogens (primary N) is 1. The molecule has 5 N–H and O–H groups in total. The van der Waals surface area contributed by atoms with Crippen LogP contribution in [0.3, 0.4) is 0 Å². The Bertz CT molecular complexity index is 874. The van der Waals surface area contributed by atoms with Crippen LogP contribution in [0.15, 0.2) is 18.2 Å². The number of fused-ring (bicyclic) bond motifs is 1. The van der Waals surface area contributed by atoms with Gasteiger partial charge in [-0.25, -0.2) is 4.68 Å². The van der Waals surface area contributed by atoms with Crippen LogP contribution in [0.5, 0.6) is 0 Å². The summed E-state index contributed by atoms with van der Waals surface area (Å²) >= 11 is 6.05. The number of nitrogens with one attached hydrogen (secondary N) is 2. The standard InChI is InChI=1S/C15H19ClN8O/c1-3-24-14-12(22-23-24)13(20-15(21-14)18-7-8(2)25)19-11-5-9(16)4-10(17)6-11/h4-6,8,25H,3,7,17H2,1-2H3,(H2,18,19,20,21). The third kappa shape index (κ3) is 3.89. The molecule has 1 unspecified atom stereocenters. The normalized spacial score (nSPS) is 12.3. The van der Waals surface area contributed by atoms with Gasteiger partial charge < -0.3 is 21.5 Å². The summed E-state index contributed by atoms with van der Waals surface area (Å²) in [5, 5.41) is 24.4. The molecule has 2 aromatic heterocycles. The van der Waals surface area contributed by atoms with Crippen LogP contribution in [0.1, 0.15) is 13.8 Å². The van der Waals surface area contributed by atoms with Crippen molar-refractivity contribution in [3.8, 4) is 0 Å². The number of hydrogen-bond acceptors (Lipinski definition) is 8. The van der Waals surface area contributed by atoms with Crippen LogP contribution in [0.2, 0.25) is 5.02 Å². The molecule has 0 aliphatic heterocycles. The first-order chi connectivity index (χ1) is 12.0. The number of aryl methyl sites for hydroxylation is 1. The van der Waals surface area contributed by atoms with Crippen LogP contribution < -0.4 is 16.4 Å². The summed E-state index contributed by atoms with van der Waals surface area (Å²) in [5.74, 6) is 0.836. The molecule has 0 amide bonds. The zero-order chi connectivity index (χ0) is 18.0. The number of hydrogen-bond donors (Lipinski definition) is 4. The van der Waals surface area contributed by atoms with Crippen molar-refractivity contribution < 1.29 is 5.11 Å². The van der Waals surface area contributed by atoms with E-state index in [2.05, 4.69) is 30.9 Å². The second-order valence-corrected chi connectivity index (χ2v) is 6.04. The van der Waals surface area contributed by atoms with E-state index in [1.54, 1.807) is 29.8 Å². The fraction of sp³-hybridized carbons (Fsp3) is 0.333. The molecule has 0 spiro atoms. The van der Waals surface area contributed by atoms with Crippen molar-refractivity contribution in [1.29, 1.82) is 0 Å². The first-order valence-electron chi connectivity index (χ1n) is 7.82. The molecule has 0 saturated heterocycles. The van der Waals surface area contributed by atoms with Gasteiger partial charge >= 0.3 is 0 Å². The highest BCUT2D eigenvalue weighted by atomic mass is 35.5. The molecular formula is C15H19ClN8O. The first kappa shape index (κ1) is 17.2. The van der Waals surface area contributed by atoms with Crippen LogP contribution in [-0.4, -0.2) is 42.7 Å². The molecule has 2 heterocycles. The summed E-state index contributed by atoms with van der Waals surface area (Å²) < 4.78 is 1.67. The Morgan fingerprint density at radius 1 is 1.32 bits per heavy atom. The van der Waals surface area contributed by atoms with Gasteiger partial charge in [0.2, 0.25) is 5.95 Å². The van der Waals surface area contributed by atoms with E-state index >= 15 is 0 Å². The number of nitrogens with zero attached hydrogens (tertiary/aromatic N) is 5. The van der Waals surface area contributed by atoms with E-state index in [1.165, 1.54) is 0 Å². The number of nitrogen functional groups attached to an aromatic ring is 1. The third-order valence-corrected chi connectivity index (χ3v) is 3.62. The molecule has 1 aromatic carbocycles. The van der Waals surface area contributed by atoms with E-state index < -0.39 is 6.10 Å². The molecule has 0 aliphatic rings. The van der Waals surface area contributed by atoms with Gasteiger partial charge in [0, 0.05) is 29.5 Å². The van der Waals surface area contributed by atoms with E-state index in [9.17, 15) is 5.11 Å².